The van der Waals surface area contributed by atoms with Gasteiger partial charge in [-0.15, -0.1) is 0 Å². The second-order valence-corrected chi connectivity index (χ2v) is 3.72. The minimum atomic E-state index is -0.726. The van der Waals surface area contributed by atoms with E-state index in [1.807, 2.05) is 6.92 Å². The quantitative estimate of drug-likeness (QED) is 0.525. The predicted molar refractivity (Wildman–Crippen MR) is 62.6 cm³/mol. The fourth-order valence-electron chi connectivity index (χ4n) is 1.31. The molecule has 0 fully saturated rings. The van der Waals surface area contributed by atoms with Crippen molar-refractivity contribution in [3.63, 3.8) is 0 Å². The second-order valence-electron chi connectivity index (χ2n) is 3.72. The Labute approximate surface area is 97.9 Å². The molecule has 0 saturated carbocycles. The third-order valence-corrected chi connectivity index (χ3v) is 2.21. The molecule has 0 atom stereocenters. The van der Waals surface area contributed by atoms with Gasteiger partial charge in [0.25, 0.3) is 0 Å². The molecule has 0 aromatic carbocycles. The van der Waals surface area contributed by atoms with Crippen LogP contribution in [0.2, 0.25) is 0 Å². The summed E-state index contributed by atoms with van der Waals surface area (Å²) >= 11 is 0. The van der Waals surface area contributed by atoms with Crippen molar-refractivity contribution in [1.82, 2.24) is 0 Å². The number of unbranched alkanes of at least 4 members (excludes halogenated alkanes) is 3. The molecular weight excluding hydrogens is 208 g/mol. The van der Waals surface area contributed by atoms with Crippen LogP contribution in [0.1, 0.15) is 45.4 Å². The van der Waals surface area contributed by atoms with Crippen LogP contribution in [0.4, 0.5) is 0 Å². The standard InChI is InChI=1S/C12H24O4/c1-2-15-9-5-3-6-10-16-11-7-4-8-12(13)14/h2-11H2,1H3,(H,13,14). The van der Waals surface area contributed by atoms with E-state index >= 15 is 0 Å². The summed E-state index contributed by atoms with van der Waals surface area (Å²) in [5.74, 6) is -0.726. The van der Waals surface area contributed by atoms with Gasteiger partial charge in [-0.1, -0.05) is 0 Å². The fraction of sp³-hybridized carbons (Fsp3) is 0.917. The van der Waals surface area contributed by atoms with Crippen molar-refractivity contribution >= 4 is 5.97 Å². The number of hydrogen-bond acceptors (Lipinski definition) is 3. The molecule has 0 saturated heterocycles. The van der Waals surface area contributed by atoms with Gasteiger partial charge in [0, 0.05) is 32.8 Å². The zero-order valence-corrected chi connectivity index (χ0v) is 10.2. The first kappa shape index (κ1) is 15.4. The molecule has 1 N–H and O–H groups in total. The topological polar surface area (TPSA) is 55.8 Å². The van der Waals surface area contributed by atoms with Gasteiger partial charge in [0.05, 0.1) is 0 Å². The highest BCUT2D eigenvalue weighted by molar-refractivity contribution is 5.66. The maximum atomic E-state index is 10.2. The molecule has 4 nitrogen and oxygen atoms in total. The molecule has 96 valence electrons. The Hall–Kier alpha value is -0.610. The molecular formula is C12H24O4. The van der Waals surface area contributed by atoms with Gasteiger partial charge in [-0.25, -0.2) is 0 Å². The summed E-state index contributed by atoms with van der Waals surface area (Å²) < 4.78 is 10.6. The van der Waals surface area contributed by atoms with Gasteiger partial charge in [0.1, 0.15) is 0 Å². The molecule has 0 bridgehead atoms. The molecule has 0 aliphatic rings. The molecule has 0 aliphatic carbocycles. The highest BCUT2D eigenvalue weighted by Gasteiger charge is 1.96. The third-order valence-electron chi connectivity index (χ3n) is 2.21. The average Bonchev–Trinajstić information content (AvgIpc) is 2.25. The van der Waals surface area contributed by atoms with E-state index in [0.717, 1.165) is 45.5 Å². The minimum Gasteiger partial charge on any atom is -0.481 e. The number of hydrogen-bond donors (Lipinski definition) is 1. The number of ether oxygens (including phenoxy) is 2. The Morgan fingerprint density at radius 2 is 1.50 bits per heavy atom. The van der Waals surface area contributed by atoms with Crippen LogP contribution in [0.5, 0.6) is 0 Å². The Balaban J connectivity index is 2.90. The Bertz CT molecular complexity index is 159. The van der Waals surface area contributed by atoms with Crippen LogP contribution in [0, 0.1) is 0 Å². The summed E-state index contributed by atoms with van der Waals surface area (Å²) in [5, 5.41) is 8.40. The van der Waals surface area contributed by atoms with Crippen molar-refractivity contribution < 1.29 is 19.4 Å². The van der Waals surface area contributed by atoms with Crippen molar-refractivity contribution in [2.45, 2.75) is 45.4 Å². The second kappa shape index (κ2) is 12.5. The van der Waals surface area contributed by atoms with Gasteiger partial charge in [-0.05, 0) is 39.0 Å². The van der Waals surface area contributed by atoms with Gasteiger partial charge in [-0.3, -0.25) is 4.79 Å². The molecule has 0 heterocycles. The van der Waals surface area contributed by atoms with E-state index in [-0.39, 0.29) is 6.42 Å². The van der Waals surface area contributed by atoms with Crippen molar-refractivity contribution in [2.75, 3.05) is 26.4 Å². The molecule has 0 aliphatic heterocycles. The van der Waals surface area contributed by atoms with Crippen LogP contribution in [-0.4, -0.2) is 37.5 Å². The summed E-state index contributed by atoms with van der Waals surface area (Å²) in [6, 6.07) is 0. The molecule has 0 aromatic rings. The smallest absolute Gasteiger partial charge is 0.303 e. The molecule has 0 spiro atoms. The third kappa shape index (κ3) is 13.4. The van der Waals surface area contributed by atoms with Crippen LogP contribution in [-0.2, 0) is 14.3 Å². The zero-order chi connectivity index (χ0) is 12.1. The van der Waals surface area contributed by atoms with Gasteiger partial charge >= 0.3 is 5.97 Å². The number of aliphatic carboxylic acids is 1. The molecule has 0 amide bonds. The lowest BCUT2D eigenvalue weighted by Gasteiger charge is -2.04. The van der Waals surface area contributed by atoms with E-state index < -0.39 is 5.97 Å². The molecule has 0 aromatic heterocycles. The first-order valence-electron chi connectivity index (χ1n) is 6.14. The largest absolute Gasteiger partial charge is 0.481 e. The fourth-order valence-corrected chi connectivity index (χ4v) is 1.31. The van der Waals surface area contributed by atoms with Crippen LogP contribution in [0.3, 0.4) is 0 Å². The van der Waals surface area contributed by atoms with Crippen molar-refractivity contribution in [2.24, 2.45) is 0 Å². The van der Waals surface area contributed by atoms with E-state index in [2.05, 4.69) is 0 Å². The predicted octanol–water partition coefficient (Wildman–Crippen LogP) is 2.46. The van der Waals surface area contributed by atoms with E-state index in [4.69, 9.17) is 14.6 Å². The first-order valence-corrected chi connectivity index (χ1v) is 6.14. The van der Waals surface area contributed by atoms with Crippen LogP contribution >= 0.6 is 0 Å². The summed E-state index contributed by atoms with van der Waals surface area (Å²) in [4.78, 5) is 10.2. The molecule has 0 radical (unpaired) electrons. The van der Waals surface area contributed by atoms with Crippen LogP contribution in [0.25, 0.3) is 0 Å². The zero-order valence-electron chi connectivity index (χ0n) is 10.2. The summed E-state index contributed by atoms with van der Waals surface area (Å²) in [6.45, 7) is 5.09. The summed E-state index contributed by atoms with van der Waals surface area (Å²) in [5.41, 5.74) is 0. The van der Waals surface area contributed by atoms with Gasteiger partial charge in [0.2, 0.25) is 0 Å². The molecule has 0 rings (SSSR count). The van der Waals surface area contributed by atoms with Gasteiger partial charge in [0.15, 0.2) is 0 Å². The first-order chi connectivity index (χ1) is 7.77. The average molecular weight is 232 g/mol. The number of carboxylic acid groups (broad SMARTS) is 1. The lowest BCUT2D eigenvalue weighted by Crippen LogP contribution is -2.00. The van der Waals surface area contributed by atoms with E-state index in [1.54, 1.807) is 0 Å². The van der Waals surface area contributed by atoms with Gasteiger partial charge < -0.3 is 14.6 Å². The normalized spacial score (nSPS) is 10.6. The highest BCUT2D eigenvalue weighted by Crippen LogP contribution is 1.99. The SMILES string of the molecule is CCOCCCCCOCCCCC(=O)O. The summed E-state index contributed by atoms with van der Waals surface area (Å²) in [7, 11) is 0. The Kier molecular flexibility index (Phi) is 12.0. The Morgan fingerprint density at radius 1 is 0.938 bits per heavy atom. The monoisotopic (exact) mass is 232 g/mol. The minimum absolute atomic E-state index is 0.248. The van der Waals surface area contributed by atoms with E-state index in [1.165, 1.54) is 0 Å². The molecule has 16 heavy (non-hydrogen) atoms. The maximum Gasteiger partial charge on any atom is 0.303 e. The van der Waals surface area contributed by atoms with Crippen molar-refractivity contribution in [1.29, 1.82) is 0 Å². The van der Waals surface area contributed by atoms with Crippen molar-refractivity contribution in [3.05, 3.63) is 0 Å². The summed E-state index contributed by atoms with van der Waals surface area (Å²) in [6.07, 6.45) is 5.08. The van der Waals surface area contributed by atoms with Crippen LogP contribution < -0.4 is 0 Å². The van der Waals surface area contributed by atoms with Crippen LogP contribution in [0.15, 0.2) is 0 Å². The number of carbonyl (C=O) groups is 1. The lowest BCUT2D eigenvalue weighted by atomic mass is 10.2. The number of rotatable bonds is 12. The van der Waals surface area contributed by atoms with Crippen molar-refractivity contribution in [3.8, 4) is 0 Å². The van der Waals surface area contributed by atoms with E-state index in [0.29, 0.717) is 13.0 Å². The maximum absolute atomic E-state index is 10.2. The molecule has 4 heteroatoms. The lowest BCUT2D eigenvalue weighted by molar-refractivity contribution is -0.137. The van der Waals surface area contributed by atoms with Gasteiger partial charge in [-0.2, -0.15) is 0 Å². The number of carboxylic acids is 1. The highest BCUT2D eigenvalue weighted by atomic mass is 16.5. The Morgan fingerprint density at radius 3 is 2.06 bits per heavy atom. The molecule has 0 unspecified atom stereocenters. The van der Waals surface area contributed by atoms with E-state index in [9.17, 15) is 4.79 Å².